The molecule has 24 heavy (non-hydrogen) atoms. The predicted molar refractivity (Wildman–Crippen MR) is 84.5 cm³/mol. The lowest BCUT2D eigenvalue weighted by Crippen LogP contribution is -2.43. The summed E-state index contributed by atoms with van der Waals surface area (Å²) in [6.07, 6.45) is 0.308. The van der Waals surface area contributed by atoms with Crippen LogP contribution < -0.4 is 5.32 Å². The van der Waals surface area contributed by atoms with Gasteiger partial charge in [-0.05, 0) is 47.0 Å². The molecule has 0 saturated carbocycles. The topological polar surface area (TPSA) is 125 Å². The molecule has 0 aliphatic carbocycles. The summed E-state index contributed by atoms with van der Waals surface area (Å²) in [5.74, 6) is -2.28. The molecule has 0 aromatic heterocycles. The first-order valence-electron chi connectivity index (χ1n) is 7.64. The average Bonchev–Trinajstić information content (AvgIpc) is 2.65. The summed E-state index contributed by atoms with van der Waals surface area (Å²) >= 11 is 0. The van der Waals surface area contributed by atoms with E-state index in [-0.39, 0.29) is 13.0 Å². The van der Waals surface area contributed by atoms with Crippen molar-refractivity contribution in [1.29, 1.82) is 0 Å². The number of hydrogen-bond donors (Lipinski definition) is 2. The van der Waals surface area contributed by atoms with Crippen molar-refractivity contribution in [3.05, 3.63) is 0 Å². The molecule has 0 fully saturated rings. The number of carbonyl (C=O) groups is 4. The molecule has 1 atom stereocenters. The minimum Gasteiger partial charge on any atom is -0.480 e. The van der Waals surface area contributed by atoms with Crippen molar-refractivity contribution in [3.63, 3.8) is 0 Å². The zero-order valence-electron chi connectivity index (χ0n) is 14.3. The molecule has 9 nitrogen and oxygen atoms in total. The number of carbonyl (C=O) groups excluding carboxylic acids is 3. The van der Waals surface area contributed by atoms with Crippen molar-refractivity contribution >= 4 is 29.7 Å². The number of nitrogens with one attached hydrogen (secondary N) is 1. The van der Waals surface area contributed by atoms with E-state index >= 15 is 0 Å². The van der Waals surface area contributed by atoms with E-state index in [1.165, 1.54) is 4.90 Å². The van der Waals surface area contributed by atoms with E-state index in [0.717, 1.165) is 0 Å². The number of nitrogens with zero attached hydrogens (tertiary/aromatic N) is 2. The highest BCUT2D eigenvalue weighted by atomic mass is 16.6. The minimum absolute atomic E-state index is 0.181. The summed E-state index contributed by atoms with van der Waals surface area (Å²) in [6.45, 7) is 6.88. The average molecular weight is 341 g/mol. The normalized spacial score (nSPS) is 16.0. The molecule has 1 aliphatic heterocycles. The van der Waals surface area contributed by atoms with Crippen molar-refractivity contribution in [2.24, 2.45) is 4.99 Å². The lowest BCUT2D eigenvalue weighted by Gasteiger charge is -2.22. The second-order valence-corrected chi connectivity index (χ2v) is 6.45. The Morgan fingerprint density at radius 2 is 1.92 bits per heavy atom. The van der Waals surface area contributed by atoms with Gasteiger partial charge in [0.2, 0.25) is 0 Å². The predicted octanol–water partition coefficient (Wildman–Crippen LogP) is 0.922. The van der Waals surface area contributed by atoms with E-state index in [2.05, 4.69) is 10.3 Å². The van der Waals surface area contributed by atoms with E-state index < -0.39 is 35.5 Å². The third kappa shape index (κ3) is 5.98. The van der Waals surface area contributed by atoms with Crippen molar-refractivity contribution in [1.82, 2.24) is 10.2 Å². The highest BCUT2D eigenvalue weighted by Gasteiger charge is 2.30. The summed E-state index contributed by atoms with van der Waals surface area (Å²) in [5, 5.41) is 11.5. The molecule has 0 unspecified atom stereocenters. The molecule has 0 spiro atoms. The Hall–Kier alpha value is -2.45. The van der Waals surface area contributed by atoms with Gasteiger partial charge in [-0.25, -0.2) is 9.59 Å². The molecule has 0 radical (unpaired) electrons. The summed E-state index contributed by atoms with van der Waals surface area (Å²) in [7, 11) is 0. The highest BCUT2D eigenvalue weighted by Crippen LogP contribution is 2.10. The van der Waals surface area contributed by atoms with Gasteiger partial charge >= 0.3 is 23.9 Å². The lowest BCUT2D eigenvalue weighted by molar-refractivity contribution is -0.140. The van der Waals surface area contributed by atoms with E-state index in [1.54, 1.807) is 27.7 Å². The van der Waals surface area contributed by atoms with Gasteiger partial charge in [-0.3, -0.25) is 14.5 Å². The van der Waals surface area contributed by atoms with E-state index in [1.807, 2.05) is 0 Å². The Morgan fingerprint density at radius 1 is 1.29 bits per heavy atom. The zero-order chi connectivity index (χ0) is 18.5. The lowest BCUT2D eigenvalue weighted by atomic mass is 10.1. The summed E-state index contributed by atoms with van der Waals surface area (Å²) in [5.41, 5.74) is -0.716. The van der Waals surface area contributed by atoms with Crippen molar-refractivity contribution in [2.45, 2.75) is 58.6 Å². The molecule has 1 rings (SSSR count). The third-order valence-corrected chi connectivity index (χ3v) is 3.20. The maximum Gasteiger partial charge on any atom is 0.408 e. The Labute approximate surface area is 140 Å². The van der Waals surface area contributed by atoms with Gasteiger partial charge in [0.15, 0.2) is 0 Å². The van der Waals surface area contributed by atoms with Crippen LogP contribution in [0.1, 0.15) is 47.0 Å². The number of aliphatic carboxylic acids is 1. The second-order valence-electron chi connectivity index (χ2n) is 6.45. The van der Waals surface area contributed by atoms with Gasteiger partial charge in [-0.2, -0.15) is 4.99 Å². The standard InChI is InChI=1S/C15H23N3O6/c1-9-16-11(19)12(20)18(9)8-6-5-7-10(13(21)22)17-14(23)24-15(2,3)4/h10H,5-8H2,1-4H3,(H,17,23)(H,21,22)/t10-/m0/s1. The van der Waals surface area contributed by atoms with Gasteiger partial charge in [-0.1, -0.05) is 0 Å². The van der Waals surface area contributed by atoms with Crippen molar-refractivity contribution < 1.29 is 29.0 Å². The molecule has 3 amide bonds. The number of carboxylic acid groups (broad SMARTS) is 1. The second kappa shape index (κ2) is 7.89. The number of aliphatic imine (C=N–C) groups is 1. The number of unbranched alkanes of at least 4 members (excludes halogenated alkanes) is 1. The first-order chi connectivity index (χ1) is 11.0. The van der Waals surface area contributed by atoms with Crippen LogP contribution in [0.2, 0.25) is 0 Å². The van der Waals surface area contributed by atoms with Gasteiger partial charge in [0.05, 0.1) is 0 Å². The number of hydrogen-bond acceptors (Lipinski definition) is 5. The molecular weight excluding hydrogens is 318 g/mol. The molecule has 1 aliphatic rings. The van der Waals surface area contributed by atoms with Gasteiger partial charge in [0.25, 0.3) is 0 Å². The monoisotopic (exact) mass is 341 g/mol. The Bertz CT molecular complexity index is 564. The number of amidine groups is 1. The minimum atomic E-state index is -1.16. The fourth-order valence-corrected chi connectivity index (χ4v) is 2.11. The van der Waals surface area contributed by atoms with Crippen LogP contribution >= 0.6 is 0 Å². The Balaban J connectivity index is 2.41. The van der Waals surface area contributed by atoms with Crippen LogP contribution in [0.4, 0.5) is 4.79 Å². The van der Waals surface area contributed by atoms with Crippen LogP contribution in [0, 0.1) is 0 Å². The van der Waals surface area contributed by atoms with Crippen LogP contribution in [0.15, 0.2) is 4.99 Å². The smallest absolute Gasteiger partial charge is 0.408 e. The van der Waals surface area contributed by atoms with Crippen molar-refractivity contribution in [2.75, 3.05) is 6.54 Å². The number of carboxylic acids is 1. The van der Waals surface area contributed by atoms with Crippen LogP contribution in [-0.2, 0) is 19.1 Å². The molecule has 0 bridgehead atoms. The summed E-state index contributed by atoms with van der Waals surface area (Å²) in [4.78, 5) is 50.3. The maximum atomic E-state index is 11.6. The van der Waals surface area contributed by atoms with Crippen LogP contribution in [0.3, 0.4) is 0 Å². The molecule has 134 valence electrons. The molecule has 2 N–H and O–H groups in total. The fourth-order valence-electron chi connectivity index (χ4n) is 2.11. The van der Waals surface area contributed by atoms with Gasteiger partial charge in [0, 0.05) is 6.54 Å². The molecule has 9 heteroatoms. The van der Waals surface area contributed by atoms with E-state index in [9.17, 15) is 19.2 Å². The number of ether oxygens (including phenoxy) is 1. The molecule has 0 aromatic rings. The molecule has 0 aromatic carbocycles. The first kappa shape index (κ1) is 19.6. The Morgan fingerprint density at radius 3 is 2.38 bits per heavy atom. The Kier molecular flexibility index (Phi) is 6.44. The first-order valence-corrected chi connectivity index (χ1v) is 7.64. The van der Waals surface area contributed by atoms with Crippen LogP contribution in [0.25, 0.3) is 0 Å². The highest BCUT2D eigenvalue weighted by molar-refractivity contribution is 6.43. The van der Waals surface area contributed by atoms with Crippen LogP contribution in [-0.4, -0.2) is 57.9 Å². The number of rotatable bonds is 7. The molecule has 1 heterocycles. The maximum absolute atomic E-state index is 11.6. The molecule has 0 saturated heterocycles. The SMILES string of the molecule is CC1=NC(=O)C(=O)N1CCCC[C@H](NC(=O)OC(C)(C)C)C(=O)O. The summed E-state index contributed by atoms with van der Waals surface area (Å²) < 4.78 is 5.03. The quantitative estimate of drug-likeness (QED) is 0.524. The third-order valence-electron chi connectivity index (χ3n) is 3.20. The largest absolute Gasteiger partial charge is 0.480 e. The van der Waals surface area contributed by atoms with Gasteiger partial charge in [0.1, 0.15) is 17.5 Å². The fraction of sp³-hybridized carbons (Fsp3) is 0.667. The van der Waals surface area contributed by atoms with Crippen LogP contribution in [0.5, 0.6) is 0 Å². The number of alkyl carbamates (subject to hydrolysis) is 1. The summed E-state index contributed by atoms with van der Waals surface area (Å²) in [6, 6.07) is -1.08. The van der Waals surface area contributed by atoms with Gasteiger partial charge < -0.3 is 15.2 Å². The molecular formula is C15H23N3O6. The number of amides is 3. The van der Waals surface area contributed by atoms with Gasteiger partial charge in [-0.15, -0.1) is 0 Å². The van der Waals surface area contributed by atoms with E-state index in [0.29, 0.717) is 18.7 Å². The van der Waals surface area contributed by atoms with Crippen molar-refractivity contribution in [3.8, 4) is 0 Å². The zero-order valence-corrected chi connectivity index (χ0v) is 14.3. The van der Waals surface area contributed by atoms with E-state index in [4.69, 9.17) is 9.84 Å².